The number of carbonyl (C=O) groups excluding carboxylic acids is 1. The summed E-state index contributed by atoms with van der Waals surface area (Å²) in [6.45, 7) is 0.950. The van der Waals surface area contributed by atoms with Gasteiger partial charge in [-0.2, -0.15) is 0 Å². The summed E-state index contributed by atoms with van der Waals surface area (Å²) in [4.78, 5) is 11.6. The van der Waals surface area contributed by atoms with E-state index < -0.39 is 22.0 Å². The molecule has 23 heavy (non-hydrogen) atoms. The number of rotatable bonds is 7. The van der Waals surface area contributed by atoms with Crippen LogP contribution in [0.3, 0.4) is 0 Å². The van der Waals surface area contributed by atoms with Gasteiger partial charge >= 0.3 is 0 Å². The second-order valence-corrected chi connectivity index (χ2v) is 7.59. The topological polar surface area (TPSA) is 108 Å². The Morgan fingerprint density at radius 1 is 1.22 bits per heavy atom. The molecule has 1 amide bonds. The summed E-state index contributed by atoms with van der Waals surface area (Å²) in [5.74, 6) is -0.916. The number of hydrogen-bond acceptors (Lipinski definition) is 6. The number of aliphatic hydroxyl groups excluding tert-OH is 1. The van der Waals surface area contributed by atoms with Crippen LogP contribution in [0.25, 0.3) is 0 Å². The van der Waals surface area contributed by atoms with Gasteiger partial charge in [0, 0.05) is 24.8 Å². The molecule has 1 heterocycles. The minimum atomic E-state index is -3.16. The lowest BCUT2D eigenvalue weighted by Crippen LogP contribution is -2.42. The summed E-state index contributed by atoms with van der Waals surface area (Å²) in [6.07, 6.45) is -0.887. The average Bonchev–Trinajstić information content (AvgIpc) is 2.73. The molecule has 0 saturated carbocycles. The molecule has 1 aromatic carbocycles. The van der Waals surface area contributed by atoms with Gasteiger partial charge in [0.2, 0.25) is 5.91 Å². The molecule has 1 aliphatic heterocycles. The predicted molar refractivity (Wildman–Crippen MR) is 84.4 cm³/mol. The van der Waals surface area contributed by atoms with E-state index in [1.165, 1.54) is 24.3 Å². The number of aliphatic hydroxyl groups is 1. The van der Waals surface area contributed by atoms with Crippen LogP contribution in [0.2, 0.25) is 0 Å². The molecule has 128 valence electrons. The van der Waals surface area contributed by atoms with E-state index in [1.54, 1.807) is 0 Å². The van der Waals surface area contributed by atoms with Crippen molar-refractivity contribution in [3.63, 3.8) is 0 Å². The number of hydrogen-bond donors (Lipinski definition) is 4. The van der Waals surface area contributed by atoms with Crippen LogP contribution in [0.5, 0.6) is 0 Å². The lowest BCUT2D eigenvalue weighted by atomic mass is 10.2. The molecule has 1 aliphatic rings. The van der Waals surface area contributed by atoms with E-state index >= 15 is 0 Å². The molecule has 9 heteroatoms. The van der Waals surface area contributed by atoms with Gasteiger partial charge in [-0.05, 0) is 24.3 Å². The molecule has 1 aromatic rings. The number of carbonyl (C=O) groups is 1. The van der Waals surface area contributed by atoms with E-state index in [1.807, 2.05) is 0 Å². The van der Waals surface area contributed by atoms with Crippen molar-refractivity contribution in [2.45, 2.75) is 12.1 Å². The summed E-state index contributed by atoms with van der Waals surface area (Å²) in [5, 5.41) is 18.1. The van der Waals surface area contributed by atoms with Crippen molar-refractivity contribution in [2.24, 2.45) is 0 Å². The Labute approximate surface area is 134 Å². The molecule has 0 aromatic heterocycles. The van der Waals surface area contributed by atoms with Gasteiger partial charge in [-0.25, -0.2) is 12.8 Å². The molecule has 0 bridgehead atoms. The lowest BCUT2D eigenvalue weighted by Gasteiger charge is -2.15. The maximum Gasteiger partial charge on any atom is 0.238 e. The number of nitrogens with one attached hydrogen (secondary N) is 3. The molecule has 0 radical (unpaired) electrons. The summed E-state index contributed by atoms with van der Waals surface area (Å²) in [6, 6.07) is 4.99. The minimum absolute atomic E-state index is 0.0702. The van der Waals surface area contributed by atoms with Gasteiger partial charge in [-0.15, -0.1) is 0 Å². The van der Waals surface area contributed by atoms with Gasteiger partial charge in [0.25, 0.3) is 0 Å². The lowest BCUT2D eigenvalue weighted by molar-refractivity contribution is -0.115. The van der Waals surface area contributed by atoms with Crippen LogP contribution >= 0.6 is 0 Å². The third kappa shape index (κ3) is 5.87. The smallest absolute Gasteiger partial charge is 0.238 e. The summed E-state index contributed by atoms with van der Waals surface area (Å²) < 4.78 is 35.4. The largest absolute Gasteiger partial charge is 0.390 e. The van der Waals surface area contributed by atoms with Crippen molar-refractivity contribution in [3.8, 4) is 0 Å². The van der Waals surface area contributed by atoms with E-state index in [0.717, 1.165) is 0 Å². The van der Waals surface area contributed by atoms with E-state index in [-0.39, 0.29) is 29.8 Å². The number of sulfone groups is 1. The van der Waals surface area contributed by atoms with E-state index in [0.29, 0.717) is 18.8 Å². The normalized spacial score (nSPS) is 22.9. The minimum Gasteiger partial charge on any atom is -0.390 e. The highest BCUT2D eigenvalue weighted by atomic mass is 32.2. The fraction of sp³-hybridized carbons (Fsp3) is 0.500. The van der Waals surface area contributed by atoms with E-state index in [4.69, 9.17) is 0 Å². The van der Waals surface area contributed by atoms with Crippen LogP contribution in [0.4, 0.5) is 10.1 Å². The molecule has 2 unspecified atom stereocenters. The first-order valence-corrected chi connectivity index (χ1v) is 9.06. The van der Waals surface area contributed by atoms with Crippen LogP contribution in [-0.4, -0.2) is 62.7 Å². The Kier molecular flexibility index (Phi) is 6.05. The Bertz CT molecular complexity index is 636. The quantitative estimate of drug-likeness (QED) is 0.477. The third-order valence-corrected chi connectivity index (χ3v) is 5.16. The van der Waals surface area contributed by atoms with Crippen molar-refractivity contribution in [1.29, 1.82) is 0 Å². The Morgan fingerprint density at radius 3 is 2.52 bits per heavy atom. The molecule has 1 fully saturated rings. The maximum atomic E-state index is 12.7. The second-order valence-electron chi connectivity index (χ2n) is 5.44. The van der Waals surface area contributed by atoms with Crippen LogP contribution < -0.4 is 16.0 Å². The molecule has 1 saturated heterocycles. The third-order valence-electron chi connectivity index (χ3n) is 3.44. The zero-order valence-electron chi connectivity index (χ0n) is 12.5. The SMILES string of the molecule is O=C(CNCCNC1CS(=O)(=O)CC1O)Nc1ccc(F)cc1. The fourth-order valence-corrected chi connectivity index (χ4v) is 4.09. The van der Waals surface area contributed by atoms with Crippen molar-refractivity contribution in [2.75, 3.05) is 36.5 Å². The molecule has 2 rings (SSSR count). The summed E-state index contributed by atoms with van der Waals surface area (Å²) in [7, 11) is -3.16. The summed E-state index contributed by atoms with van der Waals surface area (Å²) in [5.41, 5.74) is 0.510. The predicted octanol–water partition coefficient (Wildman–Crippen LogP) is -0.899. The fourth-order valence-electron chi connectivity index (χ4n) is 2.31. The monoisotopic (exact) mass is 345 g/mol. The summed E-state index contributed by atoms with van der Waals surface area (Å²) >= 11 is 0. The number of anilines is 1. The van der Waals surface area contributed by atoms with E-state index in [9.17, 15) is 22.7 Å². The number of benzene rings is 1. The molecule has 2 atom stereocenters. The van der Waals surface area contributed by atoms with E-state index in [2.05, 4.69) is 16.0 Å². The second kappa shape index (κ2) is 7.82. The standard InChI is InChI=1S/C14H20FN3O4S/c15-10-1-3-11(4-2-10)18-14(20)7-16-5-6-17-12-8-23(21,22)9-13(12)19/h1-4,12-13,16-17,19H,5-9H2,(H,18,20). The maximum absolute atomic E-state index is 12.7. The Balaban J connectivity index is 1.60. The average molecular weight is 345 g/mol. The highest BCUT2D eigenvalue weighted by Crippen LogP contribution is 2.12. The van der Waals surface area contributed by atoms with Crippen LogP contribution in [0, 0.1) is 5.82 Å². The van der Waals surface area contributed by atoms with Gasteiger partial charge in [0.1, 0.15) is 5.82 Å². The zero-order valence-corrected chi connectivity index (χ0v) is 13.3. The van der Waals surface area contributed by atoms with Gasteiger partial charge < -0.3 is 21.1 Å². The Hall–Kier alpha value is -1.55. The Morgan fingerprint density at radius 2 is 1.91 bits per heavy atom. The van der Waals surface area contributed by atoms with Crippen molar-refractivity contribution in [3.05, 3.63) is 30.1 Å². The first-order chi connectivity index (χ1) is 10.9. The number of amides is 1. The molecule has 7 nitrogen and oxygen atoms in total. The van der Waals surface area contributed by atoms with Gasteiger partial charge in [0.15, 0.2) is 9.84 Å². The molecule has 0 spiro atoms. The van der Waals surface area contributed by atoms with Crippen LogP contribution in [-0.2, 0) is 14.6 Å². The van der Waals surface area contributed by atoms with Gasteiger partial charge in [0.05, 0.1) is 24.2 Å². The molecular weight excluding hydrogens is 325 g/mol. The molecule has 0 aliphatic carbocycles. The molecule has 4 N–H and O–H groups in total. The zero-order chi connectivity index (χ0) is 16.9. The van der Waals surface area contributed by atoms with Crippen molar-refractivity contribution < 1.29 is 22.7 Å². The van der Waals surface area contributed by atoms with Crippen LogP contribution in [0.15, 0.2) is 24.3 Å². The first kappa shape index (κ1) is 17.8. The van der Waals surface area contributed by atoms with Crippen molar-refractivity contribution in [1.82, 2.24) is 10.6 Å². The highest BCUT2D eigenvalue weighted by Gasteiger charge is 2.35. The molecular formula is C14H20FN3O4S. The highest BCUT2D eigenvalue weighted by molar-refractivity contribution is 7.91. The van der Waals surface area contributed by atoms with Gasteiger partial charge in [-0.3, -0.25) is 4.79 Å². The first-order valence-electron chi connectivity index (χ1n) is 7.24. The number of halogens is 1. The van der Waals surface area contributed by atoms with Gasteiger partial charge in [-0.1, -0.05) is 0 Å². The van der Waals surface area contributed by atoms with Crippen molar-refractivity contribution >= 4 is 21.4 Å². The van der Waals surface area contributed by atoms with Crippen LogP contribution in [0.1, 0.15) is 0 Å².